The molecule has 2 nitrogen and oxygen atoms in total. The van der Waals surface area contributed by atoms with Crippen molar-refractivity contribution >= 4 is 0 Å². The van der Waals surface area contributed by atoms with Crippen molar-refractivity contribution in [1.82, 2.24) is 5.32 Å². The minimum atomic E-state index is 0.325. The SMILES string of the molecule is Cc1ccccc1[C@H](C)NC(C)c1ccc2c(c1)CCO2. The molecule has 2 aromatic carbocycles. The van der Waals surface area contributed by atoms with Crippen LogP contribution in [0.4, 0.5) is 0 Å². The van der Waals surface area contributed by atoms with E-state index in [9.17, 15) is 0 Å². The first-order valence-electron chi connectivity index (χ1n) is 7.72. The fourth-order valence-electron chi connectivity index (χ4n) is 3.11. The van der Waals surface area contributed by atoms with Crippen LogP contribution in [0.25, 0.3) is 0 Å². The van der Waals surface area contributed by atoms with E-state index in [0.29, 0.717) is 12.1 Å². The summed E-state index contributed by atoms with van der Waals surface area (Å²) in [7, 11) is 0. The zero-order valence-corrected chi connectivity index (χ0v) is 13.0. The Labute approximate surface area is 127 Å². The van der Waals surface area contributed by atoms with Gasteiger partial charge in [0, 0.05) is 18.5 Å². The molecule has 0 saturated heterocycles. The summed E-state index contributed by atoms with van der Waals surface area (Å²) in [5.41, 5.74) is 5.38. The largest absolute Gasteiger partial charge is 0.493 e. The van der Waals surface area contributed by atoms with E-state index < -0.39 is 0 Å². The third kappa shape index (κ3) is 2.96. The average molecular weight is 281 g/mol. The van der Waals surface area contributed by atoms with Crippen molar-refractivity contribution in [1.29, 1.82) is 0 Å². The molecule has 0 saturated carbocycles. The van der Waals surface area contributed by atoms with E-state index in [2.05, 4.69) is 68.6 Å². The van der Waals surface area contributed by atoms with Crippen LogP contribution in [0.5, 0.6) is 5.75 Å². The molecule has 0 aliphatic carbocycles. The third-order valence-electron chi connectivity index (χ3n) is 4.37. The first-order valence-corrected chi connectivity index (χ1v) is 7.72. The van der Waals surface area contributed by atoms with Crippen LogP contribution >= 0.6 is 0 Å². The lowest BCUT2D eigenvalue weighted by atomic mass is 9.99. The number of nitrogens with one attached hydrogen (secondary N) is 1. The van der Waals surface area contributed by atoms with E-state index >= 15 is 0 Å². The molecule has 0 spiro atoms. The molecule has 2 heteroatoms. The Kier molecular flexibility index (Phi) is 3.98. The lowest BCUT2D eigenvalue weighted by Gasteiger charge is -2.22. The minimum Gasteiger partial charge on any atom is -0.493 e. The van der Waals surface area contributed by atoms with Crippen LogP contribution in [0.1, 0.15) is 48.2 Å². The zero-order valence-electron chi connectivity index (χ0n) is 13.0. The maximum absolute atomic E-state index is 5.58. The maximum Gasteiger partial charge on any atom is 0.122 e. The third-order valence-corrected chi connectivity index (χ3v) is 4.37. The second-order valence-electron chi connectivity index (χ2n) is 5.93. The highest BCUT2D eigenvalue weighted by Crippen LogP contribution is 2.29. The highest BCUT2D eigenvalue weighted by Gasteiger charge is 2.16. The summed E-state index contributed by atoms with van der Waals surface area (Å²) < 4.78 is 5.58. The second kappa shape index (κ2) is 5.90. The number of hydrogen-bond donors (Lipinski definition) is 1. The summed E-state index contributed by atoms with van der Waals surface area (Å²) in [4.78, 5) is 0. The van der Waals surface area contributed by atoms with Gasteiger partial charge in [0.2, 0.25) is 0 Å². The number of hydrogen-bond acceptors (Lipinski definition) is 2. The molecule has 21 heavy (non-hydrogen) atoms. The molecule has 1 heterocycles. The Morgan fingerprint density at radius 3 is 2.67 bits per heavy atom. The van der Waals surface area contributed by atoms with Crippen molar-refractivity contribution in [3.05, 3.63) is 64.7 Å². The van der Waals surface area contributed by atoms with Gasteiger partial charge in [-0.15, -0.1) is 0 Å². The molecule has 0 amide bonds. The number of aryl methyl sites for hydroxylation is 1. The summed E-state index contributed by atoms with van der Waals surface area (Å²) in [6, 6.07) is 15.8. The molecular formula is C19H23NO. The van der Waals surface area contributed by atoms with Crippen molar-refractivity contribution in [2.24, 2.45) is 0 Å². The Hall–Kier alpha value is -1.80. The fourth-order valence-corrected chi connectivity index (χ4v) is 3.11. The number of fused-ring (bicyclic) bond motifs is 1. The van der Waals surface area contributed by atoms with E-state index in [1.165, 1.54) is 22.3 Å². The molecule has 1 aliphatic heterocycles. The van der Waals surface area contributed by atoms with Gasteiger partial charge in [0.25, 0.3) is 0 Å². The smallest absolute Gasteiger partial charge is 0.122 e. The van der Waals surface area contributed by atoms with E-state index in [-0.39, 0.29) is 0 Å². The molecule has 2 atom stereocenters. The minimum absolute atomic E-state index is 0.325. The average Bonchev–Trinajstić information content (AvgIpc) is 2.94. The quantitative estimate of drug-likeness (QED) is 0.900. The molecule has 1 N–H and O–H groups in total. The molecule has 0 radical (unpaired) electrons. The molecule has 2 aromatic rings. The first kappa shape index (κ1) is 14.2. The van der Waals surface area contributed by atoms with Gasteiger partial charge >= 0.3 is 0 Å². The second-order valence-corrected chi connectivity index (χ2v) is 5.93. The van der Waals surface area contributed by atoms with E-state index in [4.69, 9.17) is 4.74 Å². The molecular weight excluding hydrogens is 258 g/mol. The van der Waals surface area contributed by atoms with Gasteiger partial charge in [-0.2, -0.15) is 0 Å². The van der Waals surface area contributed by atoms with Crippen LogP contribution in [-0.2, 0) is 6.42 Å². The first-order chi connectivity index (χ1) is 10.1. The molecule has 1 unspecified atom stereocenters. The molecule has 110 valence electrons. The lowest BCUT2D eigenvalue weighted by molar-refractivity contribution is 0.356. The summed E-state index contributed by atoms with van der Waals surface area (Å²) in [6.45, 7) is 7.45. The van der Waals surface area contributed by atoms with E-state index in [1.54, 1.807) is 0 Å². The fraction of sp³-hybridized carbons (Fsp3) is 0.368. The van der Waals surface area contributed by atoms with Crippen LogP contribution in [0, 0.1) is 6.92 Å². The summed E-state index contributed by atoms with van der Waals surface area (Å²) in [5, 5.41) is 3.70. The van der Waals surface area contributed by atoms with Gasteiger partial charge in [0.05, 0.1) is 6.61 Å². The van der Waals surface area contributed by atoms with Crippen LogP contribution in [-0.4, -0.2) is 6.61 Å². The molecule has 0 aromatic heterocycles. The van der Waals surface area contributed by atoms with E-state index in [0.717, 1.165) is 18.8 Å². The standard InChI is InChI=1S/C19H23NO/c1-13-6-4-5-7-18(13)15(3)20-14(2)16-8-9-19-17(12-16)10-11-21-19/h4-9,12,14-15,20H,10-11H2,1-3H3/t14?,15-/m0/s1. The lowest BCUT2D eigenvalue weighted by Crippen LogP contribution is -2.23. The van der Waals surface area contributed by atoms with Crippen LogP contribution < -0.4 is 10.1 Å². The van der Waals surface area contributed by atoms with Gasteiger partial charge in [-0.1, -0.05) is 36.4 Å². The highest BCUT2D eigenvalue weighted by atomic mass is 16.5. The molecule has 1 aliphatic rings. The van der Waals surface area contributed by atoms with Gasteiger partial charge in [-0.3, -0.25) is 0 Å². The molecule has 3 rings (SSSR count). The molecule has 0 bridgehead atoms. The normalized spacial score (nSPS) is 16.1. The van der Waals surface area contributed by atoms with Crippen molar-refractivity contribution < 1.29 is 4.74 Å². The van der Waals surface area contributed by atoms with Crippen LogP contribution in [0.3, 0.4) is 0 Å². The monoisotopic (exact) mass is 281 g/mol. The van der Waals surface area contributed by atoms with Crippen molar-refractivity contribution in [3.63, 3.8) is 0 Å². The zero-order chi connectivity index (χ0) is 14.8. The van der Waals surface area contributed by atoms with Crippen molar-refractivity contribution in [2.45, 2.75) is 39.3 Å². The summed E-state index contributed by atoms with van der Waals surface area (Å²) in [5.74, 6) is 1.05. The van der Waals surface area contributed by atoms with Gasteiger partial charge in [0.15, 0.2) is 0 Å². The molecule has 0 fully saturated rings. The highest BCUT2D eigenvalue weighted by molar-refractivity contribution is 5.40. The Balaban J connectivity index is 1.74. The van der Waals surface area contributed by atoms with Gasteiger partial charge in [-0.05, 0) is 49.1 Å². The van der Waals surface area contributed by atoms with Gasteiger partial charge in [-0.25, -0.2) is 0 Å². The van der Waals surface area contributed by atoms with Crippen molar-refractivity contribution in [2.75, 3.05) is 6.61 Å². The van der Waals surface area contributed by atoms with Crippen LogP contribution in [0.15, 0.2) is 42.5 Å². The predicted molar refractivity (Wildman–Crippen MR) is 86.8 cm³/mol. The van der Waals surface area contributed by atoms with Gasteiger partial charge in [0.1, 0.15) is 5.75 Å². The van der Waals surface area contributed by atoms with Crippen molar-refractivity contribution in [3.8, 4) is 5.75 Å². The summed E-state index contributed by atoms with van der Waals surface area (Å²) in [6.07, 6.45) is 1.03. The summed E-state index contributed by atoms with van der Waals surface area (Å²) >= 11 is 0. The number of benzene rings is 2. The Morgan fingerprint density at radius 2 is 1.86 bits per heavy atom. The maximum atomic E-state index is 5.58. The van der Waals surface area contributed by atoms with Gasteiger partial charge < -0.3 is 10.1 Å². The Morgan fingerprint density at radius 1 is 1.05 bits per heavy atom. The Bertz CT molecular complexity index is 635. The van der Waals surface area contributed by atoms with E-state index in [1.807, 2.05) is 0 Å². The predicted octanol–water partition coefficient (Wildman–Crippen LogP) is 4.34. The van der Waals surface area contributed by atoms with Crippen LogP contribution in [0.2, 0.25) is 0 Å². The number of rotatable bonds is 4. The number of ether oxygens (including phenoxy) is 1. The topological polar surface area (TPSA) is 21.3 Å².